The van der Waals surface area contributed by atoms with Gasteiger partial charge in [-0.2, -0.15) is 0 Å². The summed E-state index contributed by atoms with van der Waals surface area (Å²) in [5, 5.41) is -1.21. The van der Waals surface area contributed by atoms with Crippen LogP contribution in [-0.4, -0.2) is 44.4 Å². The van der Waals surface area contributed by atoms with Crippen molar-refractivity contribution in [1.29, 1.82) is 0 Å². The second-order valence-corrected chi connectivity index (χ2v) is 10.6. The Morgan fingerprint density at radius 3 is 2.43 bits per heavy atom. The van der Waals surface area contributed by atoms with Crippen molar-refractivity contribution in [3.8, 4) is 11.5 Å². The summed E-state index contributed by atoms with van der Waals surface area (Å²) in [5.74, 6) is 0.360. The highest BCUT2D eigenvalue weighted by Crippen LogP contribution is 2.52. The molecule has 0 aromatic heterocycles. The van der Waals surface area contributed by atoms with Gasteiger partial charge in [0.25, 0.3) is 0 Å². The van der Waals surface area contributed by atoms with E-state index in [0.717, 1.165) is 5.56 Å². The first-order valence-electron chi connectivity index (χ1n) is 10.1. The Morgan fingerprint density at radius 2 is 1.83 bits per heavy atom. The molecule has 2 aromatic carbocycles. The second-order valence-electron chi connectivity index (χ2n) is 8.55. The summed E-state index contributed by atoms with van der Waals surface area (Å²) in [5.41, 5.74) is 0.812. The van der Waals surface area contributed by atoms with E-state index in [0.29, 0.717) is 29.4 Å². The van der Waals surface area contributed by atoms with Gasteiger partial charge in [0.1, 0.15) is 0 Å². The van der Waals surface area contributed by atoms with Crippen LogP contribution in [0.2, 0.25) is 0 Å². The number of amides is 1. The monoisotopic (exact) mass is 429 g/mol. The number of sulfone groups is 1. The summed E-state index contributed by atoms with van der Waals surface area (Å²) in [6.45, 7) is 5.92. The lowest BCUT2D eigenvalue weighted by atomic mass is 9.80. The smallest absolute Gasteiger partial charge is 0.244 e. The van der Waals surface area contributed by atoms with Crippen LogP contribution in [0.15, 0.2) is 47.4 Å². The molecule has 0 spiro atoms. The van der Waals surface area contributed by atoms with Crippen LogP contribution in [0.4, 0.5) is 0 Å². The van der Waals surface area contributed by atoms with Crippen LogP contribution >= 0.6 is 0 Å². The quantitative estimate of drug-likeness (QED) is 0.741. The van der Waals surface area contributed by atoms with Gasteiger partial charge in [0.15, 0.2) is 32.3 Å². The van der Waals surface area contributed by atoms with Gasteiger partial charge < -0.3 is 14.4 Å². The summed E-state index contributed by atoms with van der Waals surface area (Å²) in [4.78, 5) is 14.9. The molecule has 4 rings (SSSR count). The van der Waals surface area contributed by atoms with E-state index >= 15 is 0 Å². The van der Waals surface area contributed by atoms with Crippen molar-refractivity contribution in [2.24, 2.45) is 0 Å². The molecular weight excluding hydrogens is 402 g/mol. The molecule has 1 fully saturated rings. The van der Waals surface area contributed by atoms with Crippen molar-refractivity contribution in [1.82, 2.24) is 4.90 Å². The largest absolute Gasteiger partial charge is 0.493 e. The Kier molecular flexibility index (Phi) is 4.84. The molecule has 2 heterocycles. The number of ether oxygens (including phenoxy) is 2. The highest BCUT2D eigenvalue weighted by atomic mass is 32.2. The zero-order valence-corrected chi connectivity index (χ0v) is 18.7. The number of nitrogens with zero attached hydrogens (tertiary/aromatic N) is 1. The number of carbonyl (C=O) groups is 1. The van der Waals surface area contributed by atoms with Crippen LogP contribution in [-0.2, 0) is 14.6 Å². The minimum absolute atomic E-state index is 0.165. The summed E-state index contributed by atoms with van der Waals surface area (Å²) >= 11 is 0. The van der Waals surface area contributed by atoms with Crippen molar-refractivity contribution in [3.63, 3.8) is 0 Å². The summed E-state index contributed by atoms with van der Waals surface area (Å²) in [7, 11) is -0.767. The first kappa shape index (κ1) is 20.7. The fraction of sp³-hybridized carbons (Fsp3) is 0.435. The first-order valence-corrected chi connectivity index (χ1v) is 11.6. The summed E-state index contributed by atoms with van der Waals surface area (Å²) in [6, 6.07) is 12.3. The molecule has 3 atom stereocenters. The Hall–Kier alpha value is -2.54. The molecule has 1 saturated heterocycles. The van der Waals surface area contributed by atoms with Crippen molar-refractivity contribution in [2.75, 3.05) is 14.2 Å². The van der Waals surface area contributed by atoms with E-state index in [2.05, 4.69) is 13.8 Å². The van der Waals surface area contributed by atoms with Gasteiger partial charge in [-0.15, -0.1) is 0 Å². The number of fused-ring (bicyclic) bond motifs is 4. The van der Waals surface area contributed by atoms with E-state index in [1.54, 1.807) is 38.4 Å². The van der Waals surface area contributed by atoms with Crippen LogP contribution in [0.5, 0.6) is 11.5 Å². The number of likely N-dealkylation sites (tertiary alicyclic amines) is 1. The second kappa shape index (κ2) is 7.01. The van der Waals surface area contributed by atoms with Gasteiger partial charge in [0.2, 0.25) is 5.91 Å². The average molecular weight is 430 g/mol. The first-order chi connectivity index (χ1) is 14.1. The Bertz CT molecular complexity index is 1090. The van der Waals surface area contributed by atoms with Crippen molar-refractivity contribution >= 4 is 15.7 Å². The Balaban J connectivity index is 1.86. The van der Waals surface area contributed by atoms with Crippen LogP contribution in [0.25, 0.3) is 0 Å². The zero-order chi connectivity index (χ0) is 21.8. The number of rotatable bonds is 4. The highest BCUT2D eigenvalue weighted by Gasteiger charge is 2.57. The third kappa shape index (κ3) is 2.98. The number of hydrogen-bond donors (Lipinski definition) is 0. The molecule has 7 heteroatoms. The molecule has 2 bridgehead atoms. The predicted molar refractivity (Wildman–Crippen MR) is 114 cm³/mol. The van der Waals surface area contributed by atoms with E-state index in [9.17, 15) is 13.2 Å². The third-order valence-electron chi connectivity index (χ3n) is 6.41. The maximum Gasteiger partial charge on any atom is 0.244 e. The van der Waals surface area contributed by atoms with Crippen molar-refractivity contribution in [2.45, 2.75) is 54.9 Å². The molecule has 2 aliphatic heterocycles. The number of hydrogen-bond acceptors (Lipinski definition) is 5. The maximum absolute atomic E-state index is 13.7. The molecule has 2 aliphatic rings. The number of methoxy groups -OCH3 is 1. The van der Waals surface area contributed by atoms with Crippen molar-refractivity contribution in [3.05, 3.63) is 53.6 Å². The fourth-order valence-electron chi connectivity index (χ4n) is 4.48. The molecule has 1 amide bonds. The van der Waals surface area contributed by atoms with Crippen molar-refractivity contribution < 1.29 is 22.7 Å². The maximum atomic E-state index is 13.7. The molecule has 6 nitrogen and oxygen atoms in total. The van der Waals surface area contributed by atoms with Gasteiger partial charge in [0, 0.05) is 24.9 Å². The Labute approximate surface area is 177 Å². The number of para-hydroxylation sites is 1. The molecule has 0 N–H and O–H groups in total. The number of benzene rings is 2. The lowest BCUT2D eigenvalue weighted by Gasteiger charge is -2.51. The SMILES string of the molecule is COc1cccc2c1O[C@@]1(C)C[C@H]2[C@H](S(=O)(=O)c2ccc(C(C)C)cc2)C(=O)N1C. The van der Waals surface area contributed by atoms with E-state index < -0.39 is 32.6 Å². The van der Waals surface area contributed by atoms with Gasteiger partial charge in [-0.1, -0.05) is 38.1 Å². The highest BCUT2D eigenvalue weighted by molar-refractivity contribution is 7.92. The van der Waals surface area contributed by atoms with E-state index in [1.165, 1.54) is 4.90 Å². The van der Waals surface area contributed by atoms with Gasteiger partial charge in [-0.05, 0) is 36.6 Å². The molecule has 2 aromatic rings. The summed E-state index contributed by atoms with van der Waals surface area (Å²) in [6.07, 6.45) is 0.392. The average Bonchev–Trinajstić information content (AvgIpc) is 2.71. The molecule has 0 radical (unpaired) electrons. The summed E-state index contributed by atoms with van der Waals surface area (Å²) < 4.78 is 39.0. The lowest BCUT2D eigenvalue weighted by Crippen LogP contribution is -2.64. The zero-order valence-electron chi connectivity index (χ0n) is 17.9. The van der Waals surface area contributed by atoms with E-state index in [1.807, 2.05) is 25.1 Å². The van der Waals surface area contributed by atoms with Crippen LogP contribution in [0.3, 0.4) is 0 Å². The molecule has 30 heavy (non-hydrogen) atoms. The lowest BCUT2D eigenvalue weighted by molar-refractivity contribution is -0.160. The van der Waals surface area contributed by atoms with Crippen LogP contribution < -0.4 is 9.47 Å². The normalized spacial score (nSPS) is 25.7. The molecule has 0 aliphatic carbocycles. The Morgan fingerprint density at radius 1 is 1.17 bits per heavy atom. The predicted octanol–water partition coefficient (Wildman–Crippen LogP) is 3.72. The minimum Gasteiger partial charge on any atom is -0.493 e. The topological polar surface area (TPSA) is 72.9 Å². The van der Waals surface area contributed by atoms with Gasteiger partial charge in [-0.25, -0.2) is 8.42 Å². The van der Waals surface area contributed by atoms with E-state index in [-0.39, 0.29) is 4.90 Å². The van der Waals surface area contributed by atoms with E-state index in [4.69, 9.17) is 9.47 Å². The fourth-order valence-corrected chi connectivity index (χ4v) is 6.39. The van der Waals surface area contributed by atoms with Gasteiger partial charge in [0.05, 0.1) is 12.0 Å². The van der Waals surface area contributed by atoms with Gasteiger partial charge in [-0.3, -0.25) is 4.79 Å². The molecular formula is C23H27NO5S. The third-order valence-corrected chi connectivity index (χ3v) is 8.54. The molecule has 0 unspecified atom stereocenters. The molecule has 0 saturated carbocycles. The standard InChI is InChI=1S/C23H27NO5S/c1-14(2)15-9-11-16(12-10-15)30(26,27)21-18-13-23(3,24(4)22(21)25)29-20-17(18)7-6-8-19(20)28-5/h6-12,14,18,21H,13H2,1-5H3/t18-,21+,23+/m1/s1. The number of carbonyl (C=O) groups excluding carboxylic acids is 1. The minimum atomic E-state index is -3.91. The van der Waals surface area contributed by atoms with Crippen LogP contribution in [0.1, 0.15) is 50.2 Å². The van der Waals surface area contributed by atoms with Crippen LogP contribution in [0, 0.1) is 0 Å². The number of piperidine rings is 1. The van der Waals surface area contributed by atoms with Gasteiger partial charge >= 0.3 is 0 Å². The molecule has 160 valence electrons.